The van der Waals surface area contributed by atoms with Gasteiger partial charge in [0.2, 0.25) is 0 Å². The molecule has 0 fully saturated rings. The minimum Gasteiger partial charge on any atom is -1.00 e. The van der Waals surface area contributed by atoms with Crippen molar-refractivity contribution in [1.82, 2.24) is 0 Å². The van der Waals surface area contributed by atoms with E-state index in [1.807, 2.05) is 18.2 Å². The smallest absolute Gasteiger partial charge is 1.00 e. The van der Waals surface area contributed by atoms with Crippen LogP contribution in [0.15, 0.2) is 53.4 Å². The summed E-state index contributed by atoms with van der Waals surface area (Å²) in [4.78, 5) is 11.3. The van der Waals surface area contributed by atoms with Gasteiger partial charge in [0.15, 0.2) is 0 Å². The molecule has 0 saturated carbocycles. The van der Waals surface area contributed by atoms with Crippen LogP contribution in [0.5, 0.6) is 5.75 Å². The fourth-order valence-electron chi connectivity index (χ4n) is 1.83. The van der Waals surface area contributed by atoms with E-state index < -0.39 is 21.1 Å². The minimum absolute atomic E-state index is 0. The van der Waals surface area contributed by atoms with Crippen LogP contribution in [0.1, 0.15) is 6.99 Å². The van der Waals surface area contributed by atoms with Crippen LogP contribution in [0.25, 0.3) is 0 Å². The summed E-state index contributed by atoms with van der Waals surface area (Å²) in [7, 11) is -3.21. The molecule has 0 aliphatic heterocycles. The molecule has 0 saturated heterocycles. The maximum Gasteiger partial charge on any atom is 1.00 e. The van der Waals surface area contributed by atoms with Gasteiger partial charge in [-0.3, -0.25) is 9.87 Å². The Hall–Kier alpha value is -0.944. The maximum atomic E-state index is 11.7. The summed E-state index contributed by atoms with van der Waals surface area (Å²) in [5.74, 6) is -0.0318. The van der Waals surface area contributed by atoms with Crippen molar-refractivity contribution in [3.63, 3.8) is 0 Å². The summed E-state index contributed by atoms with van der Waals surface area (Å²) >= 11 is 0. The average Bonchev–Trinajstić information content (AvgIpc) is 2.53. The molecule has 0 aliphatic rings. The standard InChI is InChI=1S/C15H15NO6S.K.H/c1-21-13-8-7-12(9-14(13)23(18,19)20)16-15(17)22-10-11-5-3-2-4-6-11;;/h2-9H,10H2,1H3,(H,16,17)(H,18,19,20);;/q;+1;-1. The molecule has 0 atom stereocenters. The van der Waals surface area contributed by atoms with Gasteiger partial charge in [-0.1, -0.05) is 30.3 Å². The second kappa shape index (κ2) is 9.52. The van der Waals surface area contributed by atoms with Gasteiger partial charge in [-0.2, -0.15) is 8.42 Å². The largest absolute Gasteiger partial charge is 1.00 e. The molecule has 2 N–H and O–H groups in total. The Kier molecular flexibility index (Phi) is 8.37. The van der Waals surface area contributed by atoms with Crippen LogP contribution in [0.3, 0.4) is 0 Å². The molecule has 2 aromatic rings. The molecule has 9 heteroatoms. The van der Waals surface area contributed by atoms with Crippen molar-refractivity contribution in [3.05, 3.63) is 54.1 Å². The second-order valence-electron chi connectivity index (χ2n) is 4.53. The van der Waals surface area contributed by atoms with Gasteiger partial charge in [0.25, 0.3) is 10.1 Å². The second-order valence-corrected chi connectivity index (χ2v) is 5.92. The molecule has 0 aliphatic carbocycles. The van der Waals surface area contributed by atoms with Crippen molar-refractivity contribution < 1.29 is 80.0 Å². The number of benzene rings is 2. The minimum atomic E-state index is -4.48. The van der Waals surface area contributed by atoms with Gasteiger partial charge < -0.3 is 10.9 Å². The fourth-order valence-corrected chi connectivity index (χ4v) is 2.51. The Balaban J connectivity index is 0.00000288. The van der Waals surface area contributed by atoms with Crippen molar-refractivity contribution in [3.8, 4) is 5.75 Å². The Morgan fingerprint density at radius 1 is 1.21 bits per heavy atom. The number of methoxy groups -OCH3 is 1. The number of carbonyl (C=O) groups is 1. The SMILES string of the molecule is COc1ccc(NC(=O)OCc2ccccc2)cc1S(=O)(=O)O.[H-].[K+]. The first-order chi connectivity index (χ1) is 10.9. The maximum absolute atomic E-state index is 11.7. The molecule has 124 valence electrons. The molecule has 7 nitrogen and oxygen atoms in total. The van der Waals surface area contributed by atoms with Crippen molar-refractivity contribution in [1.29, 1.82) is 0 Å². The third-order valence-corrected chi connectivity index (χ3v) is 3.78. The first kappa shape index (κ1) is 21.1. The zero-order valence-corrected chi connectivity index (χ0v) is 17.2. The van der Waals surface area contributed by atoms with Crippen molar-refractivity contribution in [2.45, 2.75) is 11.5 Å². The van der Waals surface area contributed by atoms with Gasteiger partial charge in [0, 0.05) is 5.69 Å². The molecular weight excluding hydrogens is 361 g/mol. The van der Waals surface area contributed by atoms with E-state index in [4.69, 9.17) is 14.0 Å². The number of hydrogen-bond acceptors (Lipinski definition) is 5. The van der Waals surface area contributed by atoms with Crippen molar-refractivity contribution in [2.75, 3.05) is 12.4 Å². The van der Waals surface area contributed by atoms with E-state index in [-0.39, 0.29) is 70.9 Å². The van der Waals surface area contributed by atoms with Gasteiger partial charge in [-0.25, -0.2) is 4.79 Å². The number of anilines is 1. The molecule has 0 aromatic heterocycles. The normalized spacial score (nSPS) is 10.4. The van der Waals surface area contributed by atoms with Crippen LogP contribution in [-0.2, 0) is 21.5 Å². The number of nitrogens with one attached hydrogen (secondary N) is 1. The average molecular weight is 377 g/mol. The van der Waals surface area contributed by atoms with Gasteiger partial charge in [0.1, 0.15) is 17.3 Å². The Morgan fingerprint density at radius 2 is 1.88 bits per heavy atom. The monoisotopic (exact) mass is 377 g/mol. The molecule has 0 spiro atoms. The summed E-state index contributed by atoms with van der Waals surface area (Å²) < 4.78 is 41.6. The van der Waals surface area contributed by atoms with Gasteiger partial charge in [-0.05, 0) is 23.8 Å². The first-order valence-corrected chi connectivity index (χ1v) is 7.97. The molecule has 0 radical (unpaired) electrons. The first-order valence-electron chi connectivity index (χ1n) is 6.53. The third-order valence-electron chi connectivity index (χ3n) is 2.90. The summed E-state index contributed by atoms with van der Waals surface area (Å²) in [6.07, 6.45) is -0.750. The molecule has 2 rings (SSSR count). The van der Waals surface area contributed by atoms with E-state index >= 15 is 0 Å². The molecular formula is C15H16KNO6S. The van der Waals surface area contributed by atoms with Crippen LogP contribution in [0, 0.1) is 0 Å². The predicted octanol–water partition coefficient (Wildman–Crippen LogP) is -0.193. The molecule has 2 aromatic carbocycles. The van der Waals surface area contributed by atoms with Crippen LogP contribution >= 0.6 is 0 Å². The number of amides is 1. The van der Waals surface area contributed by atoms with Crippen LogP contribution in [0.2, 0.25) is 0 Å². The number of rotatable bonds is 5. The third kappa shape index (κ3) is 6.17. The number of hydrogen-bond donors (Lipinski definition) is 2. The predicted molar refractivity (Wildman–Crippen MR) is 84.2 cm³/mol. The number of ether oxygens (including phenoxy) is 2. The van der Waals surface area contributed by atoms with Crippen LogP contribution in [0.4, 0.5) is 10.5 Å². The summed E-state index contributed by atoms with van der Waals surface area (Å²) in [5.41, 5.74) is 0.965. The fraction of sp³-hybridized carbons (Fsp3) is 0.133. The zero-order valence-electron chi connectivity index (χ0n) is 14.2. The number of carbonyl (C=O) groups excluding carboxylic acids is 1. The van der Waals surface area contributed by atoms with E-state index in [0.717, 1.165) is 11.6 Å². The van der Waals surface area contributed by atoms with Gasteiger partial charge in [0.05, 0.1) is 7.11 Å². The van der Waals surface area contributed by atoms with Crippen molar-refractivity contribution >= 4 is 21.9 Å². The van der Waals surface area contributed by atoms with E-state index in [1.165, 1.54) is 19.2 Å². The van der Waals surface area contributed by atoms with Gasteiger partial charge in [-0.15, -0.1) is 0 Å². The zero-order chi connectivity index (χ0) is 16.9. The van der Waals surface area contributed by atoms with Gasteiger partial charge >= 0.3 is 57.5 Å². The Labute approximate surface area is 184 Å². The Bertz CT molecular complexity index is 801. The molecule has 24 heavy (non-hydrogen) atoms. The molecule has 0 heterocycles. The summed E-state index contributed by atoms with van der Waals surface area (Å²) in [5, 5.41) is 2.38. The summed E-state index contributed by atoms with van der Waals surface area (Å²) in [6.45, 7) is 0.0774. The molecule has 0 unspecified atom stereocenters. The van der Waals surface area contributed by atoms with Crippen LogP contribution in [-0.4, -0.2) is 26.2 Å². The van der Waals surface area contributed by atoms with Crippen LogP contribution < -0.4 is 61.4 Å². The molecule has 1 amide bonds. The van der Waals surface area contributed by atoms with E-state index in [1.54, 1.807) is 12.1 Å². The Morgan fingerprint density at radius 3 is 2.46 bits per heavy atom. The quantitative estimate of drug-likeness (QED) is 0.553. The van der Waals surface area contributed by atoms with E-state index in [2.05, 4.69) is 5.32 Å². The van der Waals surface area contributed by atoms with Crippen molar-refractivity contribution in [2.24, 2.45) is 0 Å². The van der Waals surface area contributed by atoms with E-state index in [9.17, 15) is 13.2 Å². The molecule has 0 bridgehead atoms. The summed E-state index contributed by atoms with van der Waals surface area (Å²) in [6, 6.07) is 12.9. The topological polar surface area (TPSA) is 102 Å². The van der Waals surface area contributed by atoms with E-state index in [0.29, 0.717) is 0 Å².